The molecule has 11 heavy (non-hydrogen) atoms. The molecule has 0 saturated carbocycles. The van der Waals surface area contributed by atoms with E-state index >= 15 is 0 Å². The minimum Gasteiger partial charge on any atom is -0.477 e. The summed E-state index contributed by atoms with van der Waals surface area (Å²) in [6.07, 6.45) is 0. The average molecular weight is 158 g/mol. The van der Waals surface area contributed by atoms with Crippen LogP contribution < -0.4 is 5.32 Å². The Morgan fingerprint density at radius 1 is 1.64 bits per heavy atom. The van der Waals surface area contributed by atoms with Gasteiger partial charge in [-0.15, -0.1) is 0 Å². The molecule has 0 aromatic heterocycles. The van der Waals surface area contributed by atoms with Crippen molar-refractivity contribution in [2.24, 2.45) is 0 Å². The first-order valence-electron chi connectivity index (χ1n) is 3.35. The lowest BCUT2D eigenvalue weighted by atomic mass is 10.4. The Kier molecular flexibility index (Phi) is 4.29. The maximum absolute atomic E-state index is 10.2. The Labute approximate surface area is 66.5 Å². The first-order valence-corrected chi connectivity index (χ1v) is 3.35. The van der Waals surface area contributed by atoms with Gasteiger partial charge in [0.05, 0.1) is 0 Å². The van der Waals surface area contributed by atoms with Gasteiger partial charge in [-0.3, -0.25) is 0 Å². The van der Waals surface area contributed by atoms with E-state index in [9.17, 15) is 4.79 Å². The zero-order valence-corrected chi connectivity index (χ0v) is 6.92. The molecular weight excluding hydrogens is 144 g/mol. The molecule has 4 heteroatoms. The number of nitrogens with zero attached hydrogens (tertiary/aromatic N) is 1. The standard InChI is InChI=1S/C7H14N2O2/c1-6(7(10)11)8-4-5-9(2)3/h8H,1,4-5H2,2-3H3,(H,10,11). The van der Waals surface area contributed by atoms with Crippen LogP contribution in [-0.2, 0) is 4.79 Å². The fourth-order valence-corrected chi connectivity index (χ4v) is 0.506. The summed E-state index contributed by atoms with van der Waals surface area (Å²) in [4.78, 5) is 12.2. The first kappa shape index (κ1) is 9.97. The second-order valence-electron chi connectivity index (χ2n) is 2.51. The monoisotopic (exact) mass is 158 g/mol. The Bertz CT molecular complexity index is 155. The molecule has 0 aliphatic carbocycles. The van der Waals surface area contributed by atoms with Crippen LogP contribution in [-0.4, -0.2) is 43.2 Å². The van der Waals surface area contributed by atoms with E-state index in [1.54, 1.807) is 0 Å². The normalized spacial score (nSPS) is 9.73. The van der Waals surface area contributed by atoms with Crippen LogP contribution >= 0.6 is 0 Å². The highest BCUT2D eigenvalue weighted by molar-refractivity contribution is 5.84. The highest BCUT2D eigenvalue weighted by Crippen LogP contribution is 1.81. The molecule has 0 rings (SSSR count). The number of nitrogens with one attached hydrogen (secondary N) is 1. The molecule has 0 amide bonds. The van der Waals surface area contributed by atoms with E-state index in [1.165, 1.54) is 0 Å². The Hall–Kier alpha value is -1.03. The summed E-state index contributed by atoms with van der Waals surface area (Å²) >= 11 is 0. The van der Waals surface area contributed by atoms with Gasteiger partial charge in [0.2, 0.25) is 0 Å². The second-order valence-corrected chi connectivity index (χ2v) is 2.51. The summed E-state index contributed by atoms with van der Waals surface area (Å²) in [5, 5.41) is 11.0. The van der Waals surface area contributed by atoms with Gasteiger partial charge >= 0.3 is 5.97 Å². The lowest BCUT2D eigenvalue weighted by Gasteiger charge is -2.10. The van der Waals surface area contributed by atoms with Gasteiger partial charge in [-0.25, -0.2) is 4.79 Å². The molecule has 0 aliphatic rings. The van der Waals surface area contributed by atoms with Gasteiger partial charge in [0.25, 0.3) is 0 Å². The highest BCUT2D eigenvalue weighted by atomic mass is 16.4. The van der Waals surface area contributed by atoms with Crippen LogP contribution in [0.1, 0.15) is 0 Å². The minimum absolute atomic E-state index is 0.0480. The average Bonchev–Trinajstić information content (AvgIpc) is 1.86. The lowest BCUT2D eigenvalue weighted by Crippen LogP contribution is -2.28. The predicted octanol–water partition coefficient (Wildman–Crippen LogP) is -0.264. The number of carbonyl (C=O) groups is 1. The Morgan fingerprint density at radius 2 is 2.18 bits per heavy atom. The summed E-state index contributed by atoms with van der Waals surface area (Å²) in [5.41, 5.74) is 0.0480. The third-order valence-corrected chi connectivity index (χ3v) is 1.16. The Morgan fingerprint density at radius 3 is 2.55 bits per heavy atom. The number of rotatable bonds is 5. The minimum atomic E-state index is -0.997. The fourth-order valence-electron chi connectivity index (χ4n) is 0.506. The van der Waals surface area contributed by atoms with E-state index in [0.29, 0.717) is 6.54 Å². The summed E-state index contributed by atoms with van der Waals surface area (Å²) in [6, 6.07) is 0. The van der Waals surface area contributed by atoms with Gasteiger partial charge in [-0.2, -0.15) is 0 Å². The van der Waals surface area contributed by atoms with Crippen molar-refractivity contribution in [2.75, 3.05) is 27.2 Å². The van der Waals surface area contributed by atoms with Crippen LogP contribution in [0.3, 0.4) is 0 Å². The lowest BCUT2D eigenvalue weighted by molar-refractivity contribution is -0.133. The zero-order chi connectivity index (χ0) is 8.85. The molecule has 4 nitrogen and oxygen atoms in total. The molecular formula is C7H14N2O2. The number of likely N-dealkylation sites (N-methyl/N-ethyl adjacent to an activating group) is 1. The summed E-state index contributed by atoms with van der Waals surface area (Å²) in [6.45, 7) is 4.73. The van der Waals surface area contributed by atoms with Gasteiger partial charge < -0.3 is 15.3 Å². The number of carboxylic acids is 1. The van der Waals surface area contributed by atoms with E-state index in [0.717, 1.165) is 6.54 Å². The molecule has 0 spiro atoms. The van der Waals surface area contributed by atoms with Crippen LogP contribution in [0.25, 0.3) is 0 Å². The molecule has 0 unspecified atom stereocenters. The molecule has 0 atom stereocenters. The number of aliphatic carboxylic acids is 1. The van der Waals surface area contributed by atoms with Crippen molar-refractivity contribution in [1.82, 2.24) is 10.2 Å². The van der Waals surface area contributed by atoms with Crippen molar-refractivity contribution < 1.29 is 9.90 Å². The van der Waals surface area contributed by atoms with Crippen molar-refractivity contribution >= 4 is 5.97 Å². The number of hydrogen-bond donors (Lipinski definition) is 2. The van der Waals surface area contributed by atoms with E-state index in [-0.39, 0.29) is 5.70 Å². The predicted molar refractivity (Wildman–Crippen MR) is 43.3 cm³/mol. The Balaban J connectivity index is 3.40. The summed E-state index contributed by atoms with van der Waals surface area (Å²) in [7, 11) is 3.84. The fraction of sp³-hybridized carbons (Fsp3) is 0.571. The zero-order valence-electron chi connectivity index (χ0n) is 6.92. The summed E-state index contributed by atoms with van der Waals surface area (Å²) < 4.78 is 0. The van der Waals surface area contributed by atoms with Crippen LogP contribution in [0.2, 0.25) is 0 Å². The van der Waals surface area contributed by atoms with Crippen molar-refractivity contribution in [2.45, 2.75) is 0 Å². The van der Waals surface area contributed by atoms with Crippen LogP contribution in [0.15, 0.2) is 12.3 Å². The molecule has 0 aliphatic heterocycles. The smallest absolute Gasteiger partial charge is 0.351 e. The van der Waals surface area contributed by atoms with Crippen LogP contribution in [0, 0.1) is 0 Å². The van der Waals surface area contributed by atoms with Gasteiger partial charge in [0.15, 0.2) is 0 Å². The van der Waals surface area contributed by atoms with Crippen molar-refractivity contribution in [3.63, 3.8) is 0 Å². The largest absolute Gasteiger partial charge is 0.477 e. The summed E-state index contributed by atoms with van der Waals surface area (Å²) in [5.74, 6) is -0.997. The van der Waals surface area contributed by atoms with Crippen LogP contribution in [0.4, 0.5) is 0 Å². The van der Waals surface area contributed by atoms with Gasteiger partial charge in [0.1, 0.15) is 5.70 Å². The molecule has 2 N–H and O–H groups in total. The molecule has 0 aromatic carbocycles. The maximum Gasteiger partial charge on any atom is 0.351 e. The molecule has 0 heterocycles. The molecule has 0 fully saturated rings. The molecule has 64 valence electrons. The van der Waals surface area contributed by atoms with Gasteiger partial charge in [0, 0.05) is 13.1 Å². The molecule has 0 saturated heterocycles. The molecule has 0 aromatic rings. The van der Waals surface area contributed by atoms with Crippen LogP contribution in [0.5, 0.6) is 0 Å². The SMILES string of the molecule is C=C(NCCN(C)C)C(=O)O. The second kappa shape index (κ2) is 4.73. The van der Waals surface area contributed by atoms with Crippen molar-refractivity contribution in [1.29, 1.82) is 0 Å². The maximum atomic E-state index is 10.2. The quantitative estimate of drug-likeness (QED) is 0.541. The highest BCUT2D eigenvalue weighted by Gasteiger charge is 2.00. The van der Waals surface area contributed by atoms with Crippen molar-refractivity contribution in [3.05, 3.63) is 12.3 Å². The van der Waals surface area contributed by atoms with E-state index in [4.69, 9.17) is 5.11 Å². The van der Waals surface area contributed by atoms with Crippen molar-refractivity contribution in [3.8, 4) is 0 Å². The third-order valence-electron chi connectivity index (χ3n) is 1.16. The van der Waals surface area contributed by atoms with Gasteiger partial charge in [-0.05, 0) is 14.1 Å². The van der Waals surface area contributed by atoms with E-state index in [1.807, 2.05) is 19.0 Å². The molecule has 0 bridgehead atoms. The molecule has 0 radical (unpaired) electrons. The number of hydrogen-bond acceptors (Lipinski definition) is 3. The van der Waals surface area contributed by atoms with E-state index < -0.39 is 5.97 Å². The topological polar surface area (TPSA) is 52.6 Å². The third kappa shape index (κ3) is 5.42. The van der Waals surface area contributed by atoms with E-state index in [2.05, 4.69) is 11.9 Å². The van der Waals surface area contributed by atoms with Gasteiger partial charge in [-0.1, -0.05) is 6.58 Å². The first-order chi connectivity index (χ1) is 5.04. The number of carboxylic acid groups (broad SMARTS) is 1.